The van der Waals surface area contributed by atoms with Crippen molar-refractivity contribution in [3.05, 3.63) is 98.5 Å². The molecule has 0 amide bonds. The third-order valence-electron chi connectivity index (χ3n) is 5.44. The molecule has 3 aromatic carbocycles. The first-order chi connectivity index (χ1) is 15.5. The van der Waals surface area contributed by atoms with Crippen LogP contribution in [0.4, 0.5) is 0 Å². The molecule has 0 saturated carbocycles. The number of nitrogens with zero attached hydrogens (tertiary/aromatic N) is 2. The molecule has 0 aliphatic carbocycles. The van der Waals surface area contributed by atoms with Crippen LogP contribution in [-0.4, -0.2) is 16.2 Å². The van der Waals surface area contributed by atoms with Crippen LogP contribution < -0.4 is 16.0 Å². The summed E-state index contributed by atoms with van der Waals surface area (Å²) in [7, 11) is 3.17. The fraction of sp³-hybridized carbons (Fsp3) is 0.120. The van der Waals surface area contributed by atoms with E-state index in [-0.39, 0.29) is 11.2 Å². The van der Waals surface area contributed by atoms with Crippen molar-refractivity contribution < 1.29 is 4.74 Å². The van der Waals surface area contributed by atoms with E-state index in [0.29, 0.717) is 16.8 Å². The van der Waals surface area contributed by atoms with Gasteiger partial charge in [-0.2, -0.15) is 0 Å². The maximum absolute atomic E-state index is 13.0. The Bertz CT molecular complexity index is 1580. The molecule has 2 aromatic heterocycles. The van der Waals surface area contributed by atoms with Crippen LogP contribution in [0.15, 0.2) is 91.5 Å². The average Bonchev–Trinajstić information content (AvgIpc) is 3.23. The minimum absolute atomic E-state index is 0.272. The van der Waals surface area contributed by atoms with Gasteiger partial charge in [-0.15, -0.1) is 11.3 Å². The van der Waals surface area contributed by atoms with E-state index >= 15 is 0 Å². The Morgan fingerprint density at radius 3 is 2.59 bits per heavy atom. The topological polar surface area (TPSA) is 53.2 Å². The molecule has 5 aromatic rings. The van der Waals surface area contributed by atoms with Crippen LogP contribution in [0.5, 0.6) is 5.75 Å². The molecular formula is C25H20N2O3S2. The first-order valence-corrected chi connectivity index (χ1v) is 11.8. The predicted molar refractivity (Wildman–Crippen MR) is 131 cm³/mol. The van der Waals surface area contributed by atoms with E-state index < -0.39 is 0 Å². The van der Waals surface area contributed by atoms with Gasteiger partial charge in [-0.25, -0.2) is 4.79 Å². The highest BCUT2D eigenvalue weighted by Crippen LogP contribution is 2.36. The number of rotatable bonds is 5. The average molecular weight is 461 g/mol. The summed E-state index contributed by atoms with van der Waals surface area (Å²) in [6.07, 6.45) is 0. The van der Waals surface area contributed by atoms with E-state index in [0.717, 1.165) is 31.9 Å². The van der Waals surface area contributed by atoms with Gasteiger partial charge in [-0.1, -0.05) is 54.2 Å². The van der Waals surface area contributed by atoms with Gasteiger partial charge in [0.15, 0.2) is 0 Å². The lowest BCUT2D eigenvalue weighted by molar-refractivity contribution is 0.413. The van der Waals surface area contributed by atoms with Gasteiger partial charge < -0.3 is 4.74 Å². The van der Waals surface area contributed by atoms with Crippen molar-refractivity contribution in [2.45, 2.75) is 16.3 Å². The van der Waals surface area contributed by atoms with Gasteiger partial charge in [0.25, 0.3) is 5.56 Å². The van der Waals surface area contributed by atoms with Crippen LogP contribution >= 0.6 is 23.1 Å². The van der Waals surface area contributed by atoms with Crippen LogP contribution in [0.2, 0.25) is 0 Å². The van der Waals surface area contributed by atoms with Gasteiger partial charge in [0.2, 0.25) is 0 Å². The number of aromatic nitrogens is 2. The van der Waals surface area contributed by atoms with Crippen LogP contribution in [-0.2, 0) is 13.6 Å². The standard InChI is InChI=1S/C25H20N2O3S2/c1-26-23(28)22-21(32-20-9-5-8-19(13-20)30-2)15-31-24(22)27(25(26)29)14-16-10-11-17-6-3-4-7-18(17)12-16/h3-13,15H,14H2,1-2H3. The summed E-state index contributed by atoms with van der Waals surface area (Å²) in [5.74, 6) is 0.760. The van der Waals surface area contributed by atoms with Gasteiger partial charge >= 0.3 is 5.69 Å². The lowest BCUT2D eigenvalue weighted by atomic mass is 10.1. The number of ether oxygens (including phenoxy) is 1. The molecule has 0 aliphatic rings. The van der Waals surface area contributed by atoms with Gasteiger partial charge in [-0.05, 0) is 40.6 Å². The Balaban J connectivity index is 1.61. The molecule has 0 spiro atoms. The minimum Gasteiger partial charge on any atom is -0.497 e. The second kappa shape index (κ2) is 8.33. The summed E-state index contributed by atoms with van der Waals surface area (Å²) < 4.78 is 8.21. The summed E-state index contributed by atoms with van der Waals surface area (Å²) in [5.41, 5.74) is 0.433. The molecule has 0 saturated heterocycles. The highest BCUT2D eigenvalue weighted by Gasteiger charge is 2.18. The van der Waals surface area contributed by atoms with Crippen LogP contribution in [0.1, 0.15) is 5.56 Å². The number of hydrogen-bond acceptors (Lipinski definition) is 5. The summed E-state index contributed by atoms with van der Waals surface area (Å²) in [6.45, 7) is 0.401. The molecule has 0 fully saturated rings. The van der Waals surface area contributed by atoms with E-state index in [9.17, 15) is 9.59 Å². The molecule has 5 nitrogen and oxygen atoms in total. The second-order valence-electron chi connectivity index (χ2n) is 7.48. The van der Waals surface area contributed by atoms with Crippen LogP contribution in [0.25, 0.3) is 21.0 Å². The smallest absolute Gasteiger partial charge is 0.332 e. The normalized spacial score (nSPS) is 11.3. The maximum atomic E-state index is 13.0. The summed E-state index contributed by atoms with van der Waals surface area (Å²) in [4.78, 5) is 28.6. The molecule has 7 heteroatoms. The van der Waals surface area contributed by atoms with Crippen molar-refractivity contribution in [1.29, 1.82) is 0 Å². The molecule has 0 radical (unpaired) electrons. The minimum atomic E-state index is -0.310. The third kappa shape index (κ3) is 3.63. The first-order valence-electron chi connectivity index (χ1n) is 10.1. The molecule has 5 rings (SSSR count). The largest absolute Gasteiger partial charge is 0.497 e. The number of benzene rings is 3. The van der Waals surface area contributed by atoms with Gasteiger partial charge in [0, 0.05) is 22.2 Å². The second-order valence-corrected chi connectivity index (χ2v) is 9.45. The highest BCUT2D eigenvalue weighted by atomic mass is 32.2. The Morgan fingerprint density at radius 2 is 1.78 bits per heavy atom. The van der Waals surface area contributed by atoms with Crippen molar-refractivity contribution in [3.63, 3.8) is 0 Å². The lowest BCUT2D eigenvalue weighted by Gasteiger charge is -2.11. The molecule has 0 unspecified atom stereocenters. The Labute approximate surface area is 192 Å². The summed E-state index contributed by atoms with van der Waals surface area (Å²) >= 11 is 2.93. The number of hydrogen-bond donors (Lipinski definition) is 0. The van der Waals surface area contributed by atoms with Crippen LogP contribution in [0, 0.1) is 0 Å². The third-order valence-corrected chi connectivity index (χ3v) is 7.62. The van der Waals surface area contributed by atoms with E-state index in [1.807, 2.05) is 47.8 Å². The molecule has 0 N–H and O–H groups in total. The van der Waals surface area contributed by atoms with Crippen molar-refractivity contribution in [2.24, 2.45) is 7.05 Å². The molecular weight excluding hydrogens is 440 g/mol. The van der Waals surface area contributed by atoms with Crippen molar-refractivity contribution >= 4 is 44.1 Å². The molecule has 0 bridgehead atoms. The Morgan fingerprint density at radius 1 is 0.969 bits per heavy atom. The summed E-state index contributed by atoms with van der Waals surface area (Å²) in [6, 6.07) is 22.1. The fourth-order valence-electron chi connectivity index (χ4n) is 3.78. The monoisotopic (exact) mass is 460 g/mol. The van der Waals surface area contributed by atoms with Gasteiger partial charge in [0.1, 0.15) is 10.6 Å². The van der Waals surface area contributed by atoms with Crippen LogP contribution in [0.3, 0.4) is 0 Å². The first kappa shape index (κ1) is 20.6. The Kier molecular flexibility index (Phi) is 5.36. The zero-order chi connectivity index (χ0) is 22.2. The van der Waals surface area contributed by atoms with Gasteiger partial charge in [0.05, 0.1) is 19.0 Å². The zero-order valence-corrected chi connectivity index (χ0v) is 19.2. The maximum Gasteiger partial charge on any atom is 0.332 e. The van der Waals surface area contributed by atoms with Crippen molar-refractivity contribution in [1.82, 2.24) is 9.13 Å². The Hall–Kier alpha value is -3.29. The van der Waals surface area contributed by atoms with Gasteiger partial charge in [-0.3, -0.25) is 13.9 Å². The molecule has 0 atom stereocenters. The zero-order valence-electron chi connectivity index (χ0n) is 17.6. The quantitative estimate of drug-likeness (QED) is 0.365. The highest BCUT2D eigenvalue weighted by molar-refractivity contribution is 7.99. The van der Waals surface area contributed by atoms with E-state index in [2.05, 4.69) is 24.3 Å². The summed E-state index contributed by atoms with van der Waals surface area (Å²) in [5, 5.41) is 4.81. The van der Waals surface area contributed by atoms with Crippen molar-refractivity contribution in [2.75, 3.05) is 7.11 Å². The SMILES string of the molecule is COc1cccc(Sc2csc3c2c(=O)n(C)c(=O)n3Cc2ccc3ccccc3c2)c1. The van der Waals surface area contributed by atoms with E-state index in [4.69, 9.17) is 4.74 Å². The number of methoxy groups -OCH3 is 1. The molecule has 2 heterocycles. The molecule has 160 valence electrons. The number of thiophene rings is 1. The predicted octanol–water partition coefficient (Wildman–Crippen LogP) is 5.12. The van der Waals surface area contributed by atoms with Crippen molar-refractivity contribution in [3.8, 4) is 5.75 Å². The molecule has 32 heavy (non-hydrogen) atoms. The van der Waals surface area contributed by atoms with E-state index in [1.54, 1.807) is 18.7 Å². The number of fused-ring (bicyclic) bond motifs is 2. The fourth-order valence-corrected chi connectivity index (χ4v) is 5.96. The lowest BCUT2D eigenvalue weighted by Crippen LogP contribution is -2.38. The van der Waals surface area contributed by atoms with E-state index in [1.165, 1.54) is 27.7 Å². The molecule has 0 aliphatic heterocycles.